The topological polar surface area (TPSA) is 83.4 Å². The van der Waals surface area contributed by atoms with Crippen LogP contribution < -0.4 is 20.9 Å². The van der Waals surface area contributed by atoms with Gasteiger partial charge < -0.3 is 20.9 Å². The number of methoxy groups -OCH3 is 2. The lowest BCUT2D eigenvalue weighted by atomic mass is 10.0. The normalized spacial score (nSPS) is 11.5. The van der Waals surface area contributed by atoms with Crippen molar-refractivity contribution in [1.82, 2.24) is 4.98 Å². The van der Waals surface area contributed by atoms with Gasteiger partial charge in [-0.05, 0) is 43.9 Å². The van der Waals surface area contributed by atoms with Crippen LogP contribution in [0.2, 0.25) is 0 Å². The minimum Gasteiger partial charge on any atom is -0.494 e. The molecule has 0 saturated carbocycles. The number of unbranched alkanes of at least 4 members (excludes halogenated alkanes) is 2. The molecule has 4 N–H and O–H groups in total. The van der Waals surface area contributed by atoms with E-state index in [1.165, 1.54) is 12.0 Å². The fourth-order valence-electron chi connectivity index (χ4n) is 2.68. The summed E-state index contributed by atoms with van der Waals surface area (Å²) in [5, 5.41) is 0.664. The van der Waals surface area contributed by atoms with Gasteiger partial charge in [-0.3, -0.25) is 0 Å². The highest BCUT2D eigenvalue weighted by Crippen LogP contribution is 2.36. The minimum atomic E-state index is 0. The summed E-state index contributed by atoms with van der Waals surface area (Å²) >= 11 is 1.56. The molecule has 0 amide bonds. The maximum Gasteiger partial charge on any atom is 0.274 e. The van der Waals surface area contributed by atoms with Gasteiger partial charge in [0.1, 0.15) is 11.3 Å². The zero-order valence-electron chi connectivity index (χ0n) is 14.8. The van der Waals surface area contributed by atoms with E-state index in [0.29, 0.717) is 5.19 Å². The van der Waals surface area contributed by atoms with Gasteiger partial charge in [0.25, 0.3) is 5.19 Å². The first-order valence-electron chi connectivity index (χ1n) is 8.15. The molecule has 2 rings (SSSR count). The predicted octanol–water partition coefficient (Wildman–Crippen LogP) is 3.94. The Morgan fingerprint density at radius 3 is 2.48 bits per heavy atom. The number of nitrogens with zero attached hydrogens (tertiary/aromatic N) is 1. The average Bonchev–Trinajstić information content (AvgIpc) is 3.01. The third-order valence-electron chi connectivity index (χ3n) is 4.03. The molecule has 0 saturated heterocycles. The van der Waals surface area contributed by atoms with E-state index in [1.807, 2.05) is 6.07 Å². The maximum atomic E-state index is 6.24. The van der Waals surface area contributed by atoms with Crippen molar-refractivity contribution >= 4 is 46.4 Å². The quantitative estimate of drug-likeness (QED) is 0.580. The lowest BCUT2D eigenvalue weighted by molar-refractivity contribution is 0.408. The Bertz CT molecular complexity index is 625. The zero-order chi connectivity index (χ0) is 16.7. The van der Waals surface area contributed by atoms with Crippen molar-refractivity contribution in [2.75, 3.05) is 20.8 Å². The summed E-state index contributed by atoms with van der Waals surface area (Å²) in [6, 6.07) is 4.32. The number of benzene rings is 1. The maximum absolute atomic E-state index is 6.24. The van der Waals surface area contributed by atoms with Gasteiger partial charge in [0, 0.05) is 6.04 Å². The molecule has 5 nitrogen and oxygen atoms in total. The molecule has 1 aromatic carbocycles. The van der Waals surface area contributed by atoms with Crippen LogP contribution in [0.3, 0.4) is 0 Å². The zero-order valence-corrected chi connectivity index (χ0v) is 17.3. The smallest absolute Gasteiger partial charge is 0.274 e. The number of fused-ring (bicyclic) bond motifs is 1. The lowest BCUT2D eigenvalue weighted by Gasteiger charge is -2.12. The third-order valence-corrected chi connectivity index (χ3v) is 5.12. The second-order valence-corrected chi connectivity index (χ2v) is 6.69. The Balaban J connectivity index is 0.00000288. The molecule has 25 heavy (non-hydrogen) atoms. The van der Waals surface area contributed by atoms with Crippen LogP contribution in [0.5, 0.6) is 10.9 Å². The Kier molecular flexibility index (Phi) is 12.1. The van der Waals surface area contributed by atoms with Crippen LogP contribution in [0.25, 0.3) is 10.2 Å². The largest absolute Gasteiger partial charge is 0.494 e. The van der Waals surface area contributed by atoms with E-state index >= 15 is 0 Å². The summed E-state index contributed by atoms with van der Waals surface area (Å²) in [6.45, 7) is 0.770. The highest BCUT2D eigenvalue weighted by Gasteiger charge is 2.14. The fraction of sp³-hybridized carbons (Fsp3) is 0.588. The number of hydrogen-bond acceptors (Lipinski definition) is 6. The van der Waals surface area contributed by atoms with Gasteiger partial charge in [0.05, 0.1) is 18.9 Å². The summed E-state index contributed by atoms with van der Waals surface area (Å²) in [6.07, 6.45) is 6.40. The van der Waals surface area contributed by atoms with Gasteiger partial charge in [0.15, 0.2) is 0 Å². The number of ether oxygens (including phenoxy) is 2. The molecular formula is C17H29Cl2N3O2S. The van der Waals surface area contributed by atoms with Crippen LogP contribution in [-0.2, 0) is 6.42 Å². The molecule has 2 aromatic rings. The molecule has 8 heteroatoms. The van der Waals surface area contributed by atoms with Gasteiger partial charge in [-0.1, -0.05) is 30.2 Å². The van der Waals surface area contributed by atoms with Crippen molar-refractivity contribution in [3.8, 4) is 10.9 Å². The molecule has 1 heterocycles. The molecule has 0 spiro atoms. The number of aryl methyl sites for hydroxylation is 1. The van der Waals surface area contributed by atoms with E-state index in [-0.39, 0.29) is 30.9 Å². The number of aromatic nitrogens is 1. The summed E-state index contributed by atoms with van der Waals surface area (Å²) < 4.78 is 11.8. The minimum absolute atomic E-state index is 0. The van der Waals surface area contributed by atoms with Gasteiger partial charge >= 0.3 is 0 Å². The van der Waals surface area contributed by atoms with Crippen LogP contribution >= 0.6 is 36.2 Å². The van der Waals surface area contributed by atoms with Gasteiger partial charge in [-0.2, -0.15) is 4.98 Å². The first-order valence-corrected chi connectivity index (χ1v) is 8.97. The standard InChI is InChI=1S/C17H27N3O2S.2ClH/c1-21-14-10-8-12(16-15(14)20-17(22-2)23-16)7-9-13(19)6-4-3-5-11-18;;/h8,10,13H,3-7,9,11,18-19H2,1-2H3;2*1H. The van der Waals surface area contributed by atoms with Gasteiger partial charge in [-0.25, -0.2) is 0 Å². The van der Waals surface area contributed by atoms with Crippen LogP contribution in [0, 0.1) is 0 Å². The number of thiazole rings is 1. The van der Waals surface area contributed by atoms with E-state index in [1.54, 1.807) is 25.6 Å². The number of hydrogen-bond donors (Lipinski definition) is 2. The summed E-state index contributed by atoms with van der Waals surface area (Å²) in [4.78, 5) is 4.49. The van der Waals surface area contributed by atoms with E-state index in [2.05, 4.69) is 11.1 Å². The van der Waals surface area contributed by atoms with Crippen molar-refractivity contribution in [2.45, 2.75) is 44.6 Å². The van der Waals surface area contributed by atoms with Crippen molar-refractivity contribution < 1.29 is 9.47 Å². The number of halogens is 2. The molecule has 144 valence electrons. The molecule has 0 aliphatic rings. The highest BCUT2D eigenvalue weighted by atomic mass is 35.5. The van der Waals surface area contributed by atoms with Gasteiger partial charge in [-0.15, -0.1) is 24.8 Å². The second-order valence-electron chi connectivity index (χ2n) is 5.73. The van der Waals surface area contributed by atoms with Crippen LogP contribution in [0.4, 0.5) is 0 Å². The summed E-state index contributed by atoms with van der Waals surface area (Å²) in [5.74, 6) is 0.786. The molecule has 0 aliphatic carbocycles. The second kappa shape index (κ2) is 12.5. The number of rotatable bonds is 10. The Morgan fingerprint density at radius 1 is 1.08 bits per heavy atom. The molecular weight excluding hydrogens is 381 g/mol. The average molecular weight is 410 g/mol. The van der Waals surface area contributed by atoms with Crippen LogP contribution in [0.1, 0.15) is 37.7 Å². The van der Waals surface area contributed by atoms with Crippen molar-refractivity contribution in [3.63, 3.8) is 0 Å². The molecule has 0 fully saturated rings. The Morgan fingerprint density at radius 2 is 1.84 bits per heavy atom. The molecule has 0 bridgehead atoms. The monoisotopic (exact) mass is 409 g/mol. The van der Waals surface area contributed by atoms with Crippen molar-refractivity contribution in [2.24, 2.45) is 11.5 Å². The lowest BCUT2D eigenvalue weighted by Crippen LogP contribution is -2.20. The molecule has 0 radical (unpaired) electrons. The van der Waals surface area contributed by atoms with Gasteiger partial charge in [0.2, 0.25) is 0 Å². The van der Waals surface area contributed by atoms with Crippen molar-refractivity contribution in [3.05, 3.63) is 17.7 Å². The molecule has 1 aromatic heterocycles. The van der Waals surface area contributed by atoms with E-state index < -0.39 is 0 Å². The molecule has 1 unspecified atom stereocenters. The van der Waals surface area contributed by atoms with Crippen LogP contribution in [-0.4, -0.2) is 31.8 Å². The summed E-state index contributed by atoms with van der Waals surface area (Å²) in [7, 11) is 3.30. The SMILES string of the molecule is COc1nc2c(OC)ccc(CCC(N)CCCCCN)c2s1.Cl.Cl. The molecule has 0 aliphatic heterocycles. The molecule has 1 atom stereocenters. The first-order chi connectivity index (χ1) is 11.2. The van der Waals surface area contributed by atoms with E-state index in [0.717, 1.165) is 54.6 Å². The summed E-state index contributed by atoms with van der Waals surface area (Å²) in [5.41, 5.74) is 13.9. The third kappa shape index (κ3) is 6.79. The highest BCUT2D eigenvalue weighted by molar-refractivity contribution is 7.20. The Labute approximate surface area is 166 Å². The first kappa shape index (κ1) is 24.2. The van der Waals surface area contributed by atoms with E-state index in [9.17, 15) is 0 Å². The number of nitrogens with two attached hydrogens (primary N) is 2. The predicted molar refractivity (Wildman–Crippen MR) is 111 cm³/mol. The Hall–Kier alpha value is -0.790. The van der Waals surface area contributed by atoms with Crippen molar-refractivity contribution in [1.29, 1.82) is 0 Å². The van der Waals surface area contributed by atoms with E-state index in [4.69, 9.17) is 20.9 Å². The van der Waals surface area contributed by atoms with Crippen LogP contribution in [0.15, 0.2) is 12.1 Å². The fourth-order valence-corrected chi connectivity index (χ4v) is 3.62.